The number of amides is 2. The number of carbonyl (C=O) groups is 4. The first kappa shape index (κ1) is 31.4. The molecule has 0 bridgehead atoms. The van der Waals surface area contributed by atoms with Crippen molar-refractivity contribution in [2.24, 2.45) is 0 Å². The summed E-state index contributed by atoms with van der Waals surface area (Å²) in [7, 11) is 0. The van der Waals surface area contributed by atoms with E-state index < -0.39 is 29.8 Å². The molecule has 3 aromatic rings. The molecule has 3 aromatic carbocycles. The van der Waals surface area contributed by atoms with Crippen LogP contribution in [-0.2, 0) is 22.4 Å². The summed E-state index contributed by atoms with van der Waals surface area (Å²) >= 11 is 12.2. The van der Waals surface area contributed by atoms with E-state index in [9.17, 15) is 24.3 Å². The number of carboxylic acids is 2. The second-order valence-electron chi connectivity index (χ2n) is 9.05. The molecular weight excluding hydrogens is 566 g/mol. The predicted octanol–water partition coefficient (Wildman–Crippen LogP) is 4.83. The number of nitrogens with one attached hydrogen (secondary N) is 2. The topological polar surface area (TPSA) is 133 Å². The van der Waals surface area contributed by atoms with Crippen molar-refractivity contribution in [3.05, 3.63) is 105 Å². The molecule has 0 saturated carbocycles. The molecule has 0 saturated heterocycles. The molecule has 0 fully saturated rings. The Morgan fingerprint density at radius 2 is 1.57 bits per heavy atom. The van der Waals surface area contributed by atoms with Crippen LogP contribution < -0.4 is 10.6 Å². The zero-order valence-electron chi connectivity index (χ0n) is 20.5. The predicted molar refractivity (Wildman–Crippen MR) is 156 cm³/mol. The molecule has 4 N–H and O–H groups in total. The fourth-order valence-corrected chi connectivity index (χ4v) is 5.04. The Bertz CT molecular complexity index is 1470. The van der Waals surface area contributed by atoms with E-state index in [1.54, 1.807) is 60.7 Å². The SMILES string of the molecule is O=C(O)/C=C1\CCCc2cc(C(=O)N[C@@H](Cc3ccc(NC(=O)c4c(Cl)cccc4Cl)cc3)C(=O)O)ccc21.[NaH]. The number of aliphatic carboxylic acids is 2. The Kier molecular flexibility index (Phi) is 11.0. The van der Waals surface area contributed by atoms with E-state index in [2.05, 4.69) is 10.6 Å². The van der Waals surface area contributed by atoms with Gasteiger partial charge in [0.2, 0.25) is 0 Å². The molecule has 202 valence electrons. The molecule has 4 rings (SSSR count). The summed E-state index contributed by atoms with van der Waals surface area (Å²) < 4.78 is 0. The number of hydrogen-bond donors (Lipinski definition) is 4. The number of allylic oxidation sites excluding steroid dienone is 1. The molecule has 1 atom stereocenters. The van der Waals surface area contributed by atoms with E-state index in [4.69, 9.17) is 28.3 Å². The zero-order valence-corrected chi connectivity index (χ0v) is 22.1. The molecule has 11 heteroatoms. The second kappa shape index (κ2) is 14.0. The maximum atomic E-state index is 12.9. The monoisotopic (exact) mass is 590 g/mol. The number of rotatable bonds is 8. The van der Waals surface area contributed by atoms with E-state index in [1.807, 2.05) is 0 Å². The molecule has 0 aliphatic heterocycles. The third kappa shape index (κ3) is 7.74. The Morgan fingerprint density at radius 3 is 2.20 bits per heavy atom. The van der Waals surface area contributed by atoms with Crippen molar-refractivity contribution in [1.29, 1.82) is 0 Å². The van der Waals surface area contributed by atoms with Crippen molar-refractivity contribution < 1.29 is 29.4 Å². The van der Waals surface area contributed by atoms with Gasteiger partial charge in [-0.05, 0) is 77.9 Å². The molecule has 0 unspecified atom stereocenters. The van der Waals surface area contributed by atoms with Gasteiger partial charge < -0.3 is 20.8 Å². The third-order valence-electron chi connectivity index (χ3n) is 6.35. The minimum atomic E-state index is -1.20. The van der Waals surface area contributed by atoms with Gasteiger partial charge in [-0.3, -0.25) is 9.59 Å². The summed E-state index contributed by atoms with van der Waals surface area (Å²) in [5.74, 6) is -3.24. The number of carbonyl (C=O) groups excluding carboxylic acids is 2. The van der Waals surface area contributed by atoms with Gasteiger partial charge in [-0.2, -0.15) is 0 Å². The Hall–Kier alpha value is -3.14. The standard InChI is InChI=1S/C29H24Cl2N2O6.Na.H/c30-22-5-2-6-23(31)26(22)28(37)32-20-10-7-16(8-11-20)13-24(29(38)39)33-27(36)19-9-12-21-17(14-19)3-1-4-18(21)15-25(34)35;;/h2,5-12,14-15,24H,1,3-4,13H2,(H,32,37)(H,33,36)(H,34,35)(H,38,39);;/b18-15+;;/t24-;;/m0../s1. The summed E-state index contributed by atoms with van der Waals surface area (Å²) in [5.41, 5.74) is 3.88. The van der Waals surface area contributed by atoms with Gasteiger partial charge in [-0.1, -0.05) is 47.5 Å². The Balaban J connectivity index is 0.00000441. The van der Waals surface area contributed by atoms with Crippen LogP contribution in [0.2, 0.25) is 10.0 Å². The Morgan fingerprint density at radius 1 is 0.900 bits per heavy atom. The zero-order chi connectivity index (χ0) is 28.1. The van der Waals surface area contributed by atoms with Crippen molar-refractivity contribution in [2.45, 2.75) is 31.7 Å². The van der Waals surface area contributed by atoms with Crippen LogP contribution in [0, 0.1) is 0 Å². The van der Waals surface area contributed by atoms with Gasteiger partial charge in [-0.25, -0.2) is 9.59 Å². The molecule has 2 amide bonds. The normalized spacial score (nSPS) is 13.9. The van der Waals surface area contributed by atoms with E-state index >= 15 is 0 Å². The number of anilines is 1. The van der Waals surface area contributed by atoms with Crippen LogP contribution in [-0.4, -0.2) is 69.6 Å². The number of benzene rings is 3. The van der Waals surface area contributed by atoms with Crippen LogP contribution in [0.25, 0.3) is 5.57 Å². The molecule has 0 radical (unpaired) electrons. The van der Waals surface area contributed by atoms with Crippen LogP contribution in [0.1, 0.15) is 50.2 Å². The van der Waals surface area contributed by atoms with Gasteiger partial charge in [0.1, 0.15) is 6.04 Å². The second-order valence-corrected chi connectivity index (χ2v) is 9.86. The number of aryl methyl sites for hydroxylation is 1. The van der Waals surface area contributed by atoms with Gasteiger partial charge in [-0.15, -0.1) is 0 Å². The first-order chi connectivity index (χ1) is 18.6. The van der Waals surface area contributed by atoms with Crippen molar-refractivity contribution in [2.75, 3.05) is 5.32 Å². The van der Waals surface area contributed by atoms with Crippen LogP contribution in [0.15, 0.2) is 66.7 Å². The molecule has 40 heavy (non-hydrogen) atoms. The van der Waals surface area contributed by atoms with Crippen molar-refractivity contribution >= 4 is 87.8 Å². The molecule has 8 nitrogen and oxygen atoms in total. The van der Waals surface area contributed by atoms with Crippen LogP contribution >= 0.6 is 23.2 Å². The number of halogens is 2. The van der Waals surface area contributed by atoms with Crippen LogP contribution in [0.3, 0.4) is 0 Å². The Labute approximate surface area is 262 Å². The maximum absolute atomic E-state index is 12.9. The molecular formula is C29H25Cl2N2NaO6. The quantitative estimate of drug-likeness (QED) is 0.219. The number of carboxylic acid groups (broad SMARTS) is 2. The third-order valence-corrected chi connectivity index (χ3v) is 6.98. The van der Waals surface area contributed by atoms with Crippen molar-refractivity contribution in [3.63, 3.8) is 0 Å². The molecule has 1 aliphatic rings. The summed E-state index contributed by atoms with van der Waals surface area (Å²) in [6, 6.07) is 15.0. The summed E-state index contributed by atoms with van der Waals surface area (Å²) in [6.07, 6.45) is 3.29. The van der Waals surface area contributed by atoms with Crippen LogP contribution in [0.5, 0.6) is 0 Å². The van der Waals surface area contributed by atoms with Crippen molar-refractivity contribution in [1.82, 2.24) is 5.32 Å². The van der Waals surface area contributed by atoms with Crippen LogP contribution in [0.4, 0.5) is 5.69 Å². The number of hydrogen-bond acceptors (Lipinski definition) is 4. The van der Waals surface area contributed by atoms with Gasteiger partial charge in [0, 0.05) is 23.7 Å². The van der Waals surface area contributed by atoms with Gasteiger partial charge in [0.25, 0.3) is 11.8 Å². The first-order valence-corrected chi connectivity index (χ1v) is 12.8. The summed E-state index contributed by atoms with van der Waals surface area (Å²) in [5, 5.41) is 24.5. The van der Waals surface area contributed by atoms with Crippen molar-refractivity contribution in [3.8, 4) is 0 Å². The fraction of sp³-hybridized carbons (Fsp3) is 0.172. The van der Waals surface area contributed by atoms with Gasteiger partial charge in [0.05, 0.1) is 15.6 Å². The molecule has 1 aliphatic carbocycles. The fourth-order valence-electron chi connectivity index (χ4n) is 4.47. The molecule has 0 heterocycles. The number of fused-ring (bicyclic) bond motifs is 1. The van der Waals surface area contributed by atoms with E-state index in [0.717, 1.165) is 17.5 Å². The van der Waals surface area contributed by atoms with E-state index in [1.165, 1.54) is 6.08 Å². The first-order valence-electron chi connectivity index (χ1n) is 12.1. The summed E-state index contributed by atoms with van der Waals surface area (Å²) in [4.78, 5) is 48.5. The van der Waals surface area contributed by atoms with E-state index in [0.29, 0.717) is 35.2 Å². The average Bonchev–Trinajstić information content (AvgIpc) is 2.88. The van der Waals surface area contributed by atoms with Gasteiger partial charge >= 0.3 is 41.5 Å². The van der Waals surface area contributed by atoms with Gasteiger partial charge in [0.15, 0.2) is 0 Å². The molecule has 0 spiro atoms. The minimum absolute atomic E-state index is 0. The summed E-state index contributed by atoms with van der Waals surface area (Å²) in [6.45, 7) is 0. The average molecular weight is 591 g/mol. The van der Waals surface area contributed by atoms with E-state index in [-0.39, 0.29) is 51.6 Å². The molecule has 0 aromatic heterocycles.